The van der Waals surface area contributed by atoms with Gasteiger partial charge in [-0.15, -0.1) is 0 Å². The molecule has 0 spiro atoms. The molecule has 5 nitrogen and oxygen atoms in total. The second-order valence-electron chi connectivity index (χ2n) is 2.75. The number of hydrogen-bond donors (Lipinski definition) is 1. The van der Waals surface area contributed by atoms with Crippen LogP contribution in [0.2, 0.25) is 0 Å². The number of aliphatic hydroxyl groups is 1. The summed E-state index contributed by atoms with van der Waals surface area (Å²) in [7, 11) is 2.65. The molecule has 1 fully saturated rings. The van der Waals surface area contributed by atoms with Gasteiger partial charge in [-0.2, -0.15) is 0 Å². The summed E-state index contributed by atoms with van der Waals surface area (Å²) in [5.74, 6) is -0.676. The molecule has 1 rings (SSSR count). The molecule has 1 saturated heterocycles. The van der Waals surface area contributed by atoms with Crippen LogP contribution in [0.3, 0.4) is 0 Å². The number of hydrogen-bond acceptors (Lipinski definition) is 3. The highest BCUT2D eigenvalue weighted by atomic mass is 79.9. The van der Waals surface area contributed by atoms with Crippen LogP contribution in [-0.4, -0.2) is 51.0 Å². The Morgan fingerprint density at radius 2 is 2.00 bits per heavy atom. The van der Waals surface area contributed by atoms with Crippen molar-refractivity contribution in [3.8, 4) is 0 Å². The highest BCUT2D eigenvalue weighted by Gasteiger charge is 2.52. The maximum absolute atomic E-state index is 11.4. The molecule has 0 saturated carbocycles. The van der Waals surface area contributed by atoms with Crippen LogP contribution in [0.5, 0.6) is 0 Å². The van der Waals surface area contributed by atoms with Crippen molar-refractivity contribution in [1.82, 2.24) is 9.80 Å². The lowest BCUT2D eigenvalue weighted by atomic mass is 10.2. The molecule has 0 aliphatic carbocycles. The molecule has 1 aliphatic heterocycles. The van der Waals surface area contributed by atoms with E-state index in [0.29, 0.717) is 0 Å². The van der Waals surface area contributed by atoms with Crippen LogP contribution < -0.4 is 0 Å². The molecule has 0 unspecified atom stereocenters. The maximum atomic E-state index is 11.4. The summed E-state index contributed by atoms with van der Waals surface area (Å²) in [4.78, 5) is 24.4. The van der Waals surface area contributed by atoms with Gasteiger partial charge in [0.15, 0.2) is 6.23 Å². The van der Waals surface area contributed by atoms with Gasteiger partial charge >= 0.3 is 6.03 Å². The van der Waals surface area contributed by atoms with Gasteiger partial charge in [-0.1, -0.05) is 27.5 Å². The van der Waals surface area contributed by atoms with Gasteiger partial charge in [-0.25, -0.2) is 4.79 Å². The largest absolute Gasteiger partial charge is 0.370 e. The van der Waals surface area contributed by atoms with Crippen LogP contribution >= 0.6 is 27.5 Å². The molecule has 74 valence electrons. The lowest BCUT2D eigenvalue weighted by molar-refractivity contribution is -0.137. The Morgan fingerprint density at radius 3 is 2.46 bits per heavy atom. The fraction of sp³-hybridized carbons (Fsp3) is 0.667. The lowest BCUT2D eigenvalue weighted by Crippen LogP contribution is -2.64. The monoisotopic (exact) mass is 270 g/mol. The highest BCUT2D eigenvalue weighted by molar-refractivity contribution is 9.10. The predicted molar refractivity (Wildman–Crippen MR) is 49.4 cm³/mol. The number of carbonyl (C=O) groups excluding carboxylic acids is 2. The Morgan fingerprint density at radius 1 is 1.54 bits per heavy atom. The van der Waals surface area contributed by atoms with Gasteiger partial charge in [-0.3, -0.25) is 14.6 Å². The first kappa shape index (κ1) is 10.7. The minimum absolute atomic E-state index is 0.590. The fourth-order valence-electron chi connectivity index (χ4n) is 1.01. The number of amides is 3. The first-order valence-electron chi connectivity index (χ1n) is 3.41. The summed E-state index contributed by atoms with van der Waals surface area (Å²) in [6.45, 7) is 0. The zero-order chi connectivity index (χ0) is 10.4. The fourth-order valence-corrected chi connectivity index (χ4v) is 1.85. The Balaban J connectivity index is 3.07. The zero-order valence-electron chi connectivity index (χ0n) is 6.99. The molecular weight excluding hydrogens is 263 g/mol. The van der Waals surface area contributed by atoms with Crippen LogP contribution in [0.1, 0.15) is 0 Å². The van der Waals surface area contributed by atoms with E-state index in [0.717, 1.165) is 9.80 Å². The Labute approximate surface area is 88.4 Å². The third-order valence-electron chi connectivity index (χ3n) is 1.87. The number of imide groups is 1. The van der Waals surface area contributed by atoms with Gasteiger partial charge < -0.3 is 5.11 Å². The molecule has 0 aromatic rings. The van der Waals surface area contributed by atoms with Crippen LogP contribution in [0.25, 0.3) is 0 Å². The quantitative estimate of drug-likeness (QED) is 0.639. The van der Waals surface area contributed by atoms with E-state index in [4.69, 9.17) is 11.6 Å². The molecule has 7 heteroatoms. The van der Waals surface area contributed by atoms with Gasteiger partial charge in [0.2, 0.25) is 3.78 Å². The van der Waals surface area contributed by atoms with E-state index >= 15 is 0 Å². The van der Waals surface area contributed by atoms with E-state index < -0.39 is 21.9 Å². The topological polar surface area (TPSA) is 60.9 Å². The number of nitrogens with zero attached hydrogens (tertiary/aromatic N) is 2. The standard InChI is InChI=1S/C6H8BrClN2O3/c1-9-3(11)6(7,8)4(12)10(2)5(9)13/h3,11H,1-2H3/t3-,6+/m1/s1. The van der Waals surface area contributed by atoms with Crippen LogP contribution in [0.15, 0.2) is 0 Å². The maximum Gasteiger partial charge on any atom is 0.328 e. The summed E-state index contributed by atoms with van der Waals surface area (Å²) in [5.41, 5.74) is 0. The average Bonchev–Trinajstić information content (AvgIpc) is 2.09. The van der Waals surface area contributed by atoms with Gasteiger partial charge in [0.25, 0.3) is 5.91 Å². The molecule has 3 amide bonds. The molecular formula is C6H8BrClN2O3. The predicted octanol–water partition coefficient (Wildman–Crippen LogP) is 0.159. The molecule has 13 heavy (non-hydrogen) atoms. The van der Waals surface area contributed by atoms with E-state index in [1.807, 2.05) is 0 Å². The Kier molecular flexibility index (Phi) is 2.57. The van der Waals surface area contributed by atoms with Crippen molar-refractivity contribution in [2.75, 3.05) is 14.1 Å². The lowest BCUT2D eigenvalue weighted by Gasteiger charge is -2.40. The first-order chi connectivity index (χ1) is 5.80. The van der Waals surface area contributed by atoms with E-state index in [1.54, 1.807) is 0 Å². The van der Waals surface area contributed by atoms with Crippen molar-refractivity contribution in [2.45, 2.75) is 10.0 Å². The first-order valence-corrected chi connectivity index (χ1v) is 4.58. The summed E-state index contributed by atoms with van der Waals surface area (Å²) in [5, 5.41) is 9.44. The van der Waals surface area contributed by atoms with E-state index in [-0.39, 0.29) is 0 Å². The molecule has 0 aromatic carbocycles. The minimum Gasteiger partial charge on any atom is -0.370 e. The SMILES string of the molecule is CN1C(=O)N(C)[C@H](O)[C@@](Cl)(Br)C1=O. The number of carbonyl (C=O) groups is 2. The van der Waals surface area contributed by atoms with Gasteiger partial charge in [0.1, 0.15) is 0 Å². The second-order valence-corrected chi connectivity index (χ2v) is 5.06. The molecule has 1 aliphatic rings. The van der Waals surface area contributed by atoms with Gasteiger partial charge in [-0.05, 0) is 0 Å². The number of aliphatic hydroxyl groups excluding tert-OH is 1. The molecule has 0 bridgehead atoms. The molecule has 1 N–H and O–H groups in total. The van der Waals surface area contributed by atoms with Gasteiger partial charge in [0.05, 0.1) is 0 Å². The van der Waals surface area contributed by atoms with Crippen molar-refractivity contribution in [3.05, 3.63) is 0 Å². The molecule has 0 aromatic heterocycles. The highest BCUT2D eigenvalue weighted by Crippen LogP contribution is 2.35. The molecule has 0 radical (unpaired) electrons. The van der Waals surface area contributed by atoms with Gasteiger partial charge in [0, 0.05) is 14.1 Å². The number of alkyl halides is 2. The second kappa shape index (κ2) is 3.11. The van der Waals surface area contributed by atoms with Crippen LogP contribution in [0, 0.1) is 0 Å². The Bertz CT molecular complexity index is 271. The minimum atomic E-state index is -1.65. The van der Waals surface area contributed by atoms with E-state index in [2.05, 4.69) is 15.9 Å². The number of urea groups is 1. The van der Waals surface area contributed by atoms with Crippen molar-refractivity contribution in [1.29, 1.82) is 0 Å². The van der Waals surface area contributed by atoms with Crippen molar-refractivity contribution >= 4 is 39.5 Å². The smallest absolute Gasteiger partial charge is 0.328 e. The van der Waals surface area contributed by atoms with Crippen LogP contribution in [0.4, 0.5) is 4.79 Å². The summed E-state index contributed by atoms with van der Waals surface area (Å²) in [6, 6.07) is -0.590. The zero-order valence-corrected chi connectivity index (χ0v) is 9.33. The van der Waals surface area contributed by atoms with Crippen molar-refractivity contribution < 1.29 is 14.7 Å². The van der Waals surface area contributed by atoms with Crippen molar-refractivity contribution in [3.63, 3.8) is 0 Å². The Hall–Kier alpha value is -0.330. The van der Waals surface area contributed by atoms with E-state index in [1.165, 1.54) is 14.1 Å². The van der Waals surface area contributed by atoms with E-state index in [9.17, 15) is 14.7 Å². The molecule has 1 heterocycles. The number of rotatable bonds is 0. The third kappa shape index (κ3) is 1.43. The normalized spacial score (nSPS) is 35.6. The summed E-state index contributed by atoms with van der Waals surface area (Å²) < 4.78 is -1.65. The van der Waals surface area contributed by atoms with Crippen LogP contribution in [-0.2, 0) is 4.79 Å². The van der Waals surface area contributed by atoms with Crippen molar-refractivity contribution in [2.24, 2.45) is 0 Å². The third-order valence-corrected chi connectivity index (χ3v) is 2.98. The molecule has 2 atom stereocenters. The summed E-state index contributed by atoms with van der Waals surface area (Å²) in [6.07, 6.45) is -1.37. The number of halogens is 2. The average molecular weight is 271 g/mol. The summed E-state index contributed by atoms with van der Waals surface area (Å²) >= 11 is 8.57.